The van der Waals surface area contributed by atoms with E-state index in [-0.39, 0.29) is 26.2 Å². The van der Waals surface area contributed by atoms with Crippen LogP contribution in [0.1, 0.15) is 0 Å². The largest absolute Gasteiger partial charge is 4.00 e. The molecule has 0 aliphatic carbocycles. The van der Waals surface area contributed by atoms with Crippen molar-refractivity contribution < 1.29 is 377 Å². The Hall–Kier alpha value is -4.24. The standard InChI is InChI=1S/4C8HF17O3S.Zr/c4*9-1(10,3(13,14)5(17,18)7(21,22)23)2(11,12)4(15,16)6(19,20)8(24,25)29(26,27)28;/h4*(H,26,27,28);/q;;;;+4/p-4. The molecule has 0 rings (SSSR count). The quantitative estimate of drug-likeness (QED) is 0.0526. The molecule has 0 bridgehead atoms. The van der Waals surface area contributed by atoms with Gasteiger partial charge in [-0.25, -0.2) is 33.7 Å². The maximum absolute atomic E-state index is 13.0. The molecule has 0 heterocycles. The van der Waals surface area contributed by atoms with Gasteiger partial charge in [0.2, 0.25) is 0 Å². The van der Waals surface area contributed by atoms with E-state index in [1.807, 2.05) is 0 Å². The Labute approximate surface area is 604 Å². The molecule has 0 aliphatic rings. The minimum atomic E-state index is -8.92. The summed E-state index contributed by atoms with van der Waals surface area (Å²) in [6.07, 6.45) is -31.6. The van der Waals surface area contributed by atoms with Gasteiger partial charge < -0.3 is 18.2 Å². The Morgan fingerprint density at radius 1 is 0.111 bits per heavy atom. The van der Waals surface area contributed by atoms with E-state index in [9.17, 15) is 350 Å². The molecule has 117 heavy (non-hydrogen) atoms. The van der Waals surface area contributed by atoms with Crippen molar-refractivity contribution in [3.63, 3.8) is 0 Å². The van der Waals surface area contributed by atoms with E-state index in [1.54, 1.807) is 0 Å². The molecular formula is C32F68O12S4Zr. The second-order valence-electron chi connectivity index (χ2n) is 19.7. The van der Waals surface area contributed by atoms with Gasteiger partial charge in [0.15, 0.2) is 40.5 Å². The monoisotopic (exact) mass is 2090 g/mol. The summed E-state index contributed by atoms with van der Waals surface area (Å²) in [6, 6.07) is 0. The SMILES string of the molecule is O=S(=O)([O-])C(F)(F)C(F)(F)C(F)(F)C(F)(F)C(F)(F)C(F)(F)C(F)(F)C(F)(F)F.O=S(=O)([O-])C(F)(F)C(F)(F)C(F)(F)C(F)(F)C(F)(F)C(F)(F)C(F)(F)C(F)(F)F.O=S(=O)([O-])C(F)(F)C(F)(F)C(F)(F)C(F)(F)C(F)(F)C(F)(F)C(F)(F)C(F)(F)F.O=S(=O)([O-])C(F)(F)C(F)(F)C(F)(F)C(F)(F)C(F)(F)C(F)(F)C(F)(F)C(F)(F)F.[Zr+4]. The van der Waals surface area contributed by atoms with Crippen LogP contribution in [0.5, 0.6) is 0 Å². The molecule has 0 radical (unpaired) electrons. The van der Waals surface area contributed by atoms with Crippen molar-refractivity contribution >= 4 is 40.5 Å². The van der Waals surface area contributed by atoms with Gasteiger partial charge in [0, 0.05) is 0 Å². The molecule has 0 saturated heterocycles. The summed E-state index contributed by atoms with van der Waals surface area (Å²) in [7, 11) is -32.6. The van der Waals surface area contributed by atoms with Gasteiger partial charge >= 0.3 is 214 Å². The molecule has 0 spiro atoms. The number of hydrogen-bond acceptors (Lipinski definition) is 12. The molecule has 704 valence electrons. The maximum Gasteiger partial charge on any atom is 4.00 e. The zero-order chi connectivity index (χ0) is 98.0. The van der Waals surface area contributed by atoms with Crippen LogP contribution in [-0.4, -0.2) is 240 Å². The van der Waals surface area contributed by atoms with Crippen LogP contribution in [0.15, 0.2) is 0 Å². The third-order valence-corrected chi connectivity index (χ3v) is 15.6. The summed E-state index contributed by atoms with van der Waals surface area (Å²) in [6.45, 7) is 0. The summed E-state index contributed by atoms with van der Waals surface area (Å²) in [5.74, 6) is -209. The van der Waals surface area contributed by atoms with E-state index < -0.39 is 228 Å². The van der Waals surface area contributed by atoms with Gasteiger partial charge in [-0.1, -0.05) is 0 Å². The van der Waals surface area contributed by atoms with Gasteiger partial charge in [-0.3, -0.25) is 0 Å². The Morgan fingerprint density at radius 3 is 0.214 bits per heavy atom. The van der Waals surface area contributed by atoms with Gasteiger partial charge in [-0.05, 0) is 0 Å². The van der Waals surface area contributed by atoms with Crippen LogP contribution in [0.4, 0.5) is 299 Å². The molecule has 0 N–H and O–H groups in total. The summed E-state index contributed by atoms with van der Waals surface area (Å²) in [5.41, 5.74) is 0. The first-order chi connectivity index (χ1) is 48.0. The van der Waals surface area contributed by atoms with Crippen molar-refractivity contribution in [2.24, 2.45) is 0 Å². The van der Waals surface area contributed by atoms with Crippen molar-refractivity contribution in [2.75, 3.05) is 0 Å². The topological polar surface area (TPSA) is 229 Å². The molecule has 0 unspecified atom stereocenters. The minimum absolute atomic E-state index is 0. The average molecular weight is 2090 g/mol. The fraction of sp³-hybridized carbons (Fsp3) is 1.00. The van der Waals surface area contributed by atoms with E-state index in [0.717, 1.165) is 0 Å². The number of halogens is 68. The molecule has 0 fully saturated rings. The Kier molecular flexibility index (Phi) is 31.7. The van der Waals surface area contributed by atoms with E-state index in [1.165, 1.54) is 0 Å². The molecule has 0 atom stereocenters. The molecule has 0 saturated carbocycles. The van der Waals surface area contributed by atoms with Crippen molar-refractivity contribution in [1.82, 2.24) is 0 Å². The zero-order valence-electron chi connectivity index (χ0n) is 48.7. The van der Waals surface area contributed by atoms with Gasteiger partial charge in [-0.2, -0.15) is 299 Å². The smallest absolute Gasteiger partial charge is 0.743 e. The fourth-order valence-electron chi connectivity index (χ4n) is 5.23. The number of alkyl halides is 68. The van der Waals surface area contributed by atoms with Crippen molar-refractivity contribution in [1.29, 1.82) is 0 Å². The average Bonchev–Trinajstić information content (AvgIpc) is 0.703. The second-order valence-corrected chi connectivity index (χ2v) is 25.3. The van der Waals surface area contributed by atoms with Crippen LogP contribution in [0.25, 0.3) is 0 Å². The molecular weight excluding hydrogens is 2090 g/mol. The minimum Gasteiger partial charge on any atom is -0.743 e. The van der Waals surface area contributed by atoms with Crippen LogP contribution >= 0.6 is 0 Å². The van der Waals surface area contributed by atoms with E-state index in [2.05, 4.69) is 0 Å². The predicted octanol–water partition coefficient (Wildman–Crippen LogP) is 18.0. The van der Waals surface area contributed by atoms with Crippen molar-refractivity contribution in [3.05, 3.63) is 0 Å². The molecule has 0 aromatic rings. The predicted molar refractivity (Wildman–Crippen MR) is 202 cm³/mol. The Balaban J connectivity index is -0.000000475. The molecule has 12 nitrogen and oxygen atoms in total. The van der Waals surface area contributed by atoms with Crippen molar-refractivity contribution in [2.45, 2.75) is 188 Å². The zero-order valence-corrected chi connectivity index (χ0v) is 54.5. The van der Waals surface area contributed by atoms with E-state index >= 15 is 0 Å². The first-order valence-corrected chi connectivity index (χ1v) is 28.3. The summed E-state index contributed by atoms with van der Waals surface area (Å²) < 4.78 is 976. The number of rotatable bonds is 28. The van der Waals surface area contributed by atoms with Crippen LogP contribution in [0.3, 0.4) is 0 Å². The van der Waals surface area contributed by atoms with E-state index in [4.69, 9.17) is 0 Å². The van der Waals surface area contributed by atoms with Crippen LogP contribution in [0.2, 0.25) is 0 Å². The van der Waals surface area contributed by atoms with Gasteiger partial charge in [0.25, 0.3) is 0 Å². The Bertz CT molecular complexity index is 3440. The second kappa shape index (κ2) is 30.6. The first kappa shape index (κ1) is 121. The third-order valence-electron chi connectivity index (χ3n) is 12.0. The van der Waals surface area contributed by atoms with Gasteiger partial charge in [-0.15, -0.1) is 0 Å². The van der Waals surface area contributed by atoms with Crippen LogP contribution in [0, 0.1) is 0 Å². The van der Waals surface area contributed by atoms with Crippen molar-refractivity contribution in [3.8, 4) is 0 Å². The van der Waals surface area contributed by atoms with Crippen LogP contribution < -0.4 is 0 Å². The molecule has 0 amide bonds. The first-order valence-electron chi connectivity index (χ1n) is 22.7. The number of hydrogen-bond donors (Lipinski definition) is 0. The normalized spacial score (nSPS) is 16.8. The third kappa shape index (κ3) is 16.7. The van der Waals surface area contributed by atoms with Gasteiger partial charge in [0.1, 0.15) is 0 Å². The maximum atomic E-state index is 13.0. The summed E-state index contributed by atoms with van der Waals surface area (Å²) in [4.78, 5) is 0. The van der Waals surface area contributed by atoms with Crippen LogP contribution in [-0.2, 0) is 66.7 Å². The fourth-order valence-corrected chi connectivity index (χ4v) is 6.99. The van der Waals surface area contributed by atoms with E-state index in [0.29, 0.717) is 0 Å². The summed E-state index contributed by atoms with van der Waals surface area (Å²) >= 11 is 0. The molecule has 0 aliphatic heterocycles. The summed E-state index contributed by atoms with van der Waals surface area (Å²) in [5, 5.41) is -31.8. The molecule has 85 heteroatoms. The molecule has 0 aromatic heterocycles. The van der Waals surface area contributed by atoms with Gasteiger partial charge in [0.05, 0.1) is 0 Å². The Morgan fingerprint density at radius 2 is 0.162 bits per heavy atom. The molecule has 0 aromatic carbocycles.